The number of halogens is 3. The summed E-state index contributed by atoms with van der Waals surface area (Å²) in [6.07, 6.45) is 0.250. The first-order chi connectivity index (χ1) is 14.1. The second-order valence-electron chi connectivity index (χ2n) is 7.12. The first-order valence-corrected chi connectivity index (χ1v) is 9.49. The normalized spacial score (nSPS) is 11.1. The monoisotopic (exact) mass is 436 g/mol. The fraction of sp³-hybridized carbons (Fsp3) is 0.286. The Kier molecular flexibility index (Phi) is 7.50. The number of nitrogens with two attached hydrogens (primary N) is 1. The largest absolute Gasteiger partial charge is 0.474 e. The van der Waals surface area contributed by atoms with Crippen molar-refractivity contribution in [3.63, 3.8) is 0 Å². The molecule has 6 nitrogen and oxygen atoms in total. The van der Waals surface area contributed by atoms with Crippen molar-refractivity contribution in [3.8, 4) is 17.1 Å². The van der Waals surface area contributed by atoms with Gasteiger partial charge >= 0.3 is 0 Å². The Bertz CT molecular complexity index is 984. The van der Waals surface area contributed by atoms with E-state index in [4.69, 9.17) is 21.1 Å². The maximum absolute atomic E-state index is 14.2. The molecule has 0 saturated heterocycles. The van der Waals surface area contributed by atoms with Crippen LogP contribution in [-0.2, 0) is 10.4 Å². The van der Waals surface area contributed by atoms with Crippen molar-refractivity contribution in [2.24, 2.45) is 5.73 Å². The third-order valence-electron chi connectivity index (χ3n) is 4.10. The van der Waals surface area contributed by atoms with Crippen LogP contribution in [0.3, 0.4) is 0 Å². The minimum absolute atomic E-state index is 0.00740. The molecule has 160 valence electrons. The second-order valence-corrected chi connectivity index (χ2v) is 7.56. The first kappa shape index (κ1) is 23.3. The van der Waals surface area contributed by atoms with E-state index in [0.717, 1.165) is 17.7 Å². The molecule has 30 heavy (non-hydrogen) atoms. The third kappa shape index (κ3) is 5.13. The summed E-state index contributed by atoms with van der Waals surface area (Å²) >= 11 is 5.69. The molecule has 2 aromatic carbocycles. The van der Waals surface area contributed by atoms with Crippen LogP contribution in [-0.4, -0.2) is 21.2 Å². The number of ether oxygens (including phenoxy) is 1. The average Bonchev–Trinajstić information content (AvgIpc) is 3.13. The van der Waals surface area contributed by atoms with Crippen molar-refractivity contribution in [2.75, 3.05) is 0 Å². The average molecular weight is 437 g/mol. The number of carbonyl (C=O) groups excluding carboxylic acids is 1. The Labute approximate surface area is 178 Å². The van der Waals surface area contributed by atoms with E-state index in [1.165, 1.54) is 0 Å². The van der Waals surface area contributed by atoms with Gasteiger partial charge in [-0.2, -0.15) is 0 Å². The lowest BCUT2D eigenvalue weighted by Gasteiger charge is -2.28. The van der Waals surface area contributed by atoms with Crippen LogP contribution < -0.4 is 10.5 Å². The topological polar surface area (TPSA) is 83.0 Å². The van der Waals surface area contributed by atoms with Crippen molar-refractivity contribution in [3.05, 3.63) is 64.9 Å². The zero-order valence-corrected chi connectivity index (χ0v) is 17.8. The predicted octanol–water partition coefficient (Wildman–Crippen LogP) is 4.87. The number of carbonyl (C=O) groups is 1. The van der Waals surface area contributed by atoms with Gasteiger partial charge in [-0.05, 0) is 39.8 Å². The highest BCUT2D eigenvalue weighted by atomic mass is 35.5. The van der Waals surface area contributed by atoms with Crippen LogP contribution >= 0.6 is 11.6 Å². The maximum Gasteiger partial charge on any atom is 0.204 e. The Hall–Kier alpha value is -3.00. The van der Waals surface area contributed by atoms with Gasteiger partial charge in [0.25, 0.3) is 0 Å². The van der Waals surface area contributed by atoms with Crippen LogP contribution in [0, 0.1) is 11.6 Å². The van der Waals surface area contributed by atoms with Crippen LogP contribution in [0.5, 0.6) is 5.75 Å². The SMILES string of the molecule is CC(C)n1c(-c2ccccc2)nnc1C(C)(C)Oc1c(F)cc(Cl)cc1F.NC=O. The molecule has 0 fully saturated rings. The predicted molar refractivity (Wildman–Crippen MR) is 111 cm³/mol. The van der Waals surface area contributed by atoms with Gasteiger partial charge in [-0.25, -0.2) is 8.78 Å². The molecule has 0 radical (unpaired) electrons. The number of nitrogens with zero attached hydrogens (tertiary/aromatic N) is 3. The van der Waals surface area contributed by atoms with Crippen molar-refractivity contribution in [1.29, 1.82) is 0 Å². The standard InChI is InChI=1S/C20H20ClF2N3O.CH3NO/c1-12(2)26-18(13-8-6-5-7-9-13)24-25-19(26)20(3,4)27-17-15(22)10-14(21)11-16(17)23;2-1-3/h5-12H,1-4H3;1H,(H2,2,3). The molecule has 0 atom stereocenters. The Morgan fingerprint density at radius 1 is 1.13 bits per heavy atom. The Balaban J connectivity index is 0.00000101. The van der Waals surface area contributed by atoms with E-state index in [1.807, 2.05) is 48.7 Å². The number of aromatic nitrogens is 3. The number of primary amides is 1. The summed E-state index contributed by atoms with van der Waals surface area (Å²) < 4.78 is 36.0. The zero-order chi connectivity index (χ0) is 22.5. The van der Waals surface area contributed by atoms with Crippen LogP contribution in [0.15, 0.2) is 42.5 Å². The van der Waals surface area contributed by atoms with E-state index in [-0.39, 0.29) is 17.5 Å². The van der Waals surface area contributed by atoms with Gasteiger partial charge in [-0.15, -0.1) is 10.2 Å². The summed E-state index contributed by atoms with van der Waals surface area (Å²) in [5, 5.41) is 8.54. The van der Waals surface area contributed by atoms with Gasteiger partial charge in [0.1, 0.15) is 0 Å². The van der Waals surface area contributed by atoms with Crippen LogP contribution in [0.1, 0.15) is 39.6 Å². The fourth-order valence-electron chi connectivity index (χ4n) is 2.90. The molecule has 1 aromatic heterocycles. The highest BCUT2D eigenvalue weighted by Crippen LogP contribution is 2.35. The summed E-state index contributed by atoms with van der Waals surface area (Å²) in [5.41, 5.74) is 3.92. The third-order valence-corrected chi connectivity index (χ3v) is 4.32. The summed E-state index contributed by atoms with van der Waals surface area (Å²) in [4.78, 5) is 8.58. The van der Waals surface area contributed by atoms with E-state index in [9.17, 15) is 8.78 Å². The zero-order valence-electron chi connectivity index (χ0n) is 17.1. The van der Waals surface area contributed by atoms with Crippen LogP contribution in [0.4, 0.5) is 8.78 Å². The lowest BCUT2D eigenvalue weighted by atomic mass is 10.1. The molecule has 0 unspecified atom stereocenters. The van der Waals surface area contributed by atoms with E-state index < -0.39 is 23.0 Å². The molecular weight excluding hydrogens is 414 g/mol. The van der Waals surface area contributed by atoms with Crippen molar-refractivity contribution >= 4 is 18.0 Å². The molecule has 0 aliphatic heterocycles. The molecule has 0 bridgehead atoms. The molecule has 0 spiro atoms. The number of hydrogen-bond acceptors (Lipinski definition) is 4. The molecule has 2 N–H and O–H groups in total. The quantitative estimate of drug-likeness (QED) is 0.578. The summed E-state index contributed by atoms with van der Waals surface area (Å²) in [6, 6.07) is 11.6. The molecule has 0 aliphatic rings. The van der Waals surface area contributed by atoms with Gasteiger partial charge in [0.15, 0.2) is 34.6 Å². The van der Waals surface area contributed by atoms with Crippen molar-refractivity contribution in [1.82, 2.24) is 14.8 Å². The number of rotatable bonds is 5. The Morgan fingerprint density at radius 2 is 1.67 bits per heavy atom. The van der Waals surface area contributed by atoms with Gasteiger partial charge < -0.3 is 15.0 Å². The first-order valence-electron chi connectivity index (χ1n) is 9.12. The van der Waals surface area contributed by atoms with Gasteiger partial charge in [-0.3, -0.25) is 4.79 Å². The fourth-order valence-corrected chi connectivity index (χ4v) is 3.09. The van der Waals surface area contributed by atoms with E-state index in [0.29, 0.717) is 11.6 Å². The molecule has 1 heterocycles. The highest BCUT2D eigenvalue weighted by molar-refractivity contribution is 6.30. The van der Waals surface area contributed by atoms with Gasteiger partial charge in [-0.1, -0.05) is 41.9 Å². The van der Waals surface area contributed by atoms with E-state index in [1.54, 1.807) is 13.8 Å². The minimum atomic E-state index is -1.14. The van der Waals surface area contributed by atoms with E-state index in [2.05, 4.69) is 15.9 Å². The molecule has 0 aliphatic carbocycles. The minimum Gasteiger partial charge on any atom is -0.474 e. The number of benzene rings is 2. The van der Waals surface area contributed by atoms with Crippen molar-refractivity contribution in [2.45, 2.75) is 39.3 Å². The van der Waals surface area contributed by atoms with Gasteiger partial charge in [0.2, 0.25) is 6.41 Å². The van der Waals surface area contributed by atoms with Gasteiger partial charge in [0.05, 0.1) is 0 Å². The molecule has 3 aromatic rings. The van der Waals surface area contributed by atoms with Crippen LogP contribution in [0.2, 0.25) is 5.02 Å². The van der Waals surface area contributed by atoms with E-state index >= 15 is 0 Å². The summed E-state index contributed by atoms with van der Waals surface area (Å²) in [6.45, 7) is 7.36. The Morgan fingerprint density at radius 3 is 2.17 bits per heavy atom. The highest BCUT2D eigenvalue weighted by Gasteiger charge is 2.34. The lowest BCUT2D eigenvalue weighted by Crippen LogP contribution is -2.31. The molecule has 3 rings (SSSR count). The van der Waals surface area contributed by atoms with Gasteiger partial charge in [0, 0.05) is 16.6 Å². The maximum atomic E-state index is 14.2. The molecule has 9 heteroatoms. The second kappa shape index (κ2) is 9.67. The molecular formula is C21H23ClF2N4O2. The van der Waals surface area contributed by atoms with Crippen molar-refractivity contribution < 1.29 is 18.3 Å². The van der Waals surface area contributed by atoms with Crippen LogP contribution in [0.25, 0.3) is 11.4 Å². The number of amides is 1. The summed E-state index contributed by atoms with van der Waals surface area (Å²) in [7, 11) is 0. The lowest BCUT2D eigenvalue weighted by molar-refractivity contribution is -0.106. The smallest absolute Gasteiger partial charge is 0.204 e. The molecule has 0 saturated carbocycles. The summed E-state index contributed by atoms with van der Waals surface area (Å²) in [5.74, 6) is -1.11. The number of hydrogen-bond donors (Lipinski definition) is 1. The molecule has 1 amide bonds.